The topological polar surface area (TPSA) is 121 Å². The summed E-state index contributed by atoms with van der Waals surface area (Å²) in [5, 5.41) is 15.4. The highest BCUT2D eigenvalue weighted by molar-refractivity contribution is 6.01. The van der Waals surface area contributed by atoms with Crippen molar-refractivity contribution in [2.24, 2.45) is 5.92 Å². The second kappa shape index (κ2) is 12.7. The molecule has 3 aromatic rings. The van der Waals surface area contributed by atoms with E-state index in [4.69, 9.17) is 14.2 Å². The maximum Gasteiger partial charge on any atom is 0.251 e. The van der Waals surface area contributed by atoms with Gasteiger partial charge in [0.25, 0.3) is 5.91 Å². The lowest BCUT2D eigenvalue weighted by molar-refractivity contribution is -0.126. The van der Waals surface area contributed by atoms with Gasteiger partial charge in [-0.3, -0.25) is 14.5 Å². The van der Waals surface area contributed by atoms with Gasteiger partial charge in [0.1, 0.15) is 18.3 Å². The van der Waals surface area contributed by atoms with Crippen molar-refractivity contribution in [1.29, 1.82) is 0 Å². The van der Waals surface area contributed by atoms with Crippen LogP contribution in [0.25, 0.3) is 11.4 Å². The number of tetrazole rings is 1. The van der Waals surface area contributed by atoms with Gasteiger partial charge >= 0.3 is 0 Å². The molecule has 0 bridgehead atoms. The Kier molecular flexibility index (Phi) is 9.42. The standard InChI is InChI=1S/C26H34N6O5/c1-17(2)13-14-27-26(34)18(3)32(20-9-7-8-10-21(20)35-4)24(33)16-31-29-25(28-30-31)19-11-12-22(36-5)23(15-19)37-6/h7-12,15,17-18H,13-14,16H2,1-6H3,(H,27,34)/t18-/m0/s1. The number of nitrogens with one attached hydrogen (secondary N) is 1. The van der Waals surface area contributed by atoms with Crippen molar-refractivity contribution >= 4 is 17.5 Å². The van der Waals surface area contributed by atoms with Gasteiger partial charge in [-0.15, -0.1) is 10.2 Å². The Bertz CT molecular complexity index is 1210. The van der Waals surface area contributed by atoms with Crippen LogP contribution in [0.2, 0.25) is 0 Å². The van der Waals surface area contributed by atoms with Crippen LogP contribution in [0.3, 0.4) is 0 Å². The summed E-state index contributed by atoms with van der Waals surface area (Å²) in [6, 6.07) is 11.5. The Hall–Kier alpha value is -4.15. The molecule has 0 aliphatic rings. The fraction of sp³-hybridized carbons (Fsp3) is 0.423. The first kappa shape index (κ1) is 27.4. The van der Waals surface area contributed by atoms with E-state index in [-0.39, 0.29) is 12.5 Å². The maximum atomic E-state index is 13.6. The third kappa shape index (κ3) is 6.75. The average Bonchev–Trinajstić information content (AvgIpc) is 3.36. The summed E-state index contributed by atoms with van der Waals surface area (Å²) in [5.74, 6) is 1.66. The molecule has 11 heteroatoms. The van der Waals surface area contributed by atoms with E-state index in [1.54, 1.807) is 56.5 Å². The minimum absolute atomic E-state index is 0.234. The molecule has 0 spiro atoms. The number of hydrogen-bond donors (Lipinski definition) is 1. The highest BCUT2D eigenvalue weighted by atomic mass is 16.5. The molecule has 3 rings (SSSR count). The number of carbonyl (C=O) groups is 2. The zero-order chi connectivity index (χ0) is 26.9. The Balaban J connectivity index is 1.85. The van der Waals surface area contributed by atoms with Crippen LogP contribution in [0.4, 0.5) is 5.69 Å². The fourth-order valence-electron chi connectivity index (χ4n) is 3.74. The predicted molar refractivity (Wildman–Crippen MR) is 139 cm³/mol. The van der Waals surface area contributed by atoms with Gasteiger partial charge in [0, 0.05) is 12.1 Å². The van der Waals surface area contributed by atoms with Crippen molar-refractivity contribution in [3.05, 3.63) is 42.5 Å². The first-order valence-electron chi connectivity index (χ1n) is 12.0. The lowest BCUT2D eigenvalue weighted by Crippen LogP contribution is -2.49. The van der Waals surface area contributed by atoms with Gasteiger partial charge in [-0.25, -0.2) is 0 Å². The Morgan fingerprint density at radius 2 is 1.68 bits per heavy atom. The number of rotatable bonds is 12. The third-order valence-corrected chi connectivity index (χ3v) is 5.77. The number of benzene rings is 2. The molecule has 0 aliphatic carbocycles. The molecule has 0 aliphatic heterocycles. The molecule has 0 fully saturated rings. The molecule has 11 nitrogen and oxygen atoms in total. The molecule has 0 saturated carbocycles. The van der Waals surface area contributed by atoms with Crippen molar-refractivity contribution in [2.75, 3.05) is 32.8 Å². The van der Waals surface area contributed by atoms with Gasteiger partial charge in [0.15, 0.2) is 11.5 Å². The van der Waals surface area contributed by atoms with E-state index in [1.807, 2.05) is 0 Å². The van der Waals surface area contributed by atoms with E-state index >= 15 is 0 Å². The molecule has 1 atom stereocenters. The molecular weight excluding hydrogens is 476 g/mol. The zero-order valence-electron chi connectivity index (χ0n) is 22.1. The van der Waals surface area contributed by atoms with Crippen molar-refractivity contribution < 1.29 is 23.8 Å². The molecule has 198 valence electrons. The Labute approximate surface area is 216 Å². The molecule has 0 saturated heterocycles. The molecule has 0 radical (unpaired) electrons. The minimum Gasteiger partial charge on any atom is -0.495 e. The summed E-state index contributed by atoms with van der Waals surface area (Å²) < 4.78 is 16.1. The van der Waals surface area contributed by atoms with Gasteiger partial charge < -0.3 is 19.5 Å². The summed E-state index contributed by atoms with van der Waals surface area (Å²) >= 11 is 0. The van der Waals surface area contributed by atoms with Crippen LogP contribution >= 0.6 is 0 Å². The van der Waals surface area contributed by atoms with Gasteiger partial charge in [-0.2, -0.15) is 4.80 Å². The number of ether oxygens (including phenoxy) is 3. The van der Waals surface area contributed by atoms with E-state index in [0.717, 1.165) is 6.42 Å². The van der Waals surface area contributed by atoms with E-state index in [9.17, 15) is 9.59 Å². The highest BCUT2D eigenvalue weighted by Gasteiger charge is 2.30. The van der Waals surface area contributed by atoms with E-state index in [0.29, 0.717) is 46.8 Å². The number of anilines is 1. The monoisotopic (exact) mass is 510 g/mol. The number of carbonyl (C=O) groups excluding carboxylic acids is 2. The van der Waals surface area contributed by atoms with Crippen LogP contribution in [-0.2, 0) is 16.1 Å². The second-order valence-electron chi connectivity index (χ2n) is 8.80. The first-order valence-corrected chi connectivity index (χ1v) is 12.0. The Morgan fingerprint density at radius 3 is 2.35 bits per heavy atom. The van der Waals surface area contributed by atoms with Crippen molar-refractivity contribution in [1.82, 2.24) is 25.5 Å². The van der Waals surface area contributed by atoms with Gasteiger partial charge in [-0.05, 0) is 54.8 Å². The molecule has 37 heavy (non-hydrogen) atoms. The normalized spacial score (nSPS) is 11.6. The fourth-order valence-corrected chi connectivity index (χ4v) is 3.74. The van der Waals surface area contributed by atoms with Gasteiger partial charge in [-0.1, -0.05) is 26.0 Å². The Morgan fingerprint density at radius 1 is 0.973 bits per heavy atom. The molecule has 1 heterocycles. The van der Waals surface area contributed by atoms with Crippen LogP contribution in [0.15, 0.2) is 42.5 Å². The van der Waals surface area contributed by atoms with Crippen molar-refractivity contribution in [3.63, 3.8) is 0 Å². The first-order chi connectivity index (χ1) is 17.8. The van der Waals surface area contributed by atoms with Gasteiger partial charge in [0.2, 0.25) is 11.7 Å². The molecule has 1 aromatic heterocycles. The third-order valence-electron chi connectivity index (χ3n) is 5.77. The van der Waals surface area contributed by atoms with Crippen LogP contribution in [0.5, 0.6) is 17.2 Å². The number of hydrogen-bond acceptors (Lipinski definition) is 8. The minimum atomic E-state index is -0.801. The number of aromatic nitrogens is 4. The van der Waals surface area contributed by atoms with E-state index < -0.39 is 11.9 Å². The number of para-hydroxylation sites is 2. The summed E-state index contributed by atoms with van der Waals surface area (Å²) in [7, 11) is 4.61. The molecule has 2 aromatic carbocycles. The molecule has 1 N–H and O–H groups in total. The number of nitrogens with zero attached hydrogens (tertiary/aromatic N) is 5. The lowest BCUT2D eigenvalue weighted by Gasteiger charge is -2.29. The number of amides is 2. The summed E-state index contributed by atoms with van der Waals surface area (Å²) in [6.07, 6.45) is 0.836. The molecule has 0 unspecified atom stereocenters. The number of methoxy groups -OCH3 is 3. The van der Waals surface area contributed by atoms with Crippen LogP contribution in [-0.4, -0.2) is 65.9 Å². The van der Waals surface area contributed by atoms with Crippen LogP contribution in [0, 0.1) is 5.92 Å². The SMILES string of the molecule is COc1ccc(-c2nnn(CC(=O)N(c3ccccc3OC)[C@@H](C)C(=O)NCCC(C)C)n2)cc1OC. The van der Waals surface area contributed by atoms with Gasteiger partial charge in [0.05, 0.1) is 27.0 Å². The molecule has 2 amide bonds. The largest absolute Gasteiger partial charge is 0.495 e. The average molecular weight is 511 g/mol. The van der Waals surface area contributed by atoms with Crippen molar-refractivity contribution in [3.8, 4) is 28.6 Å². The predicted octanol–water partition coefficient (Wildman–Crippen LogP) is 2.95. The lowest BCUT2D eigenvalue weighted by atomic mass is 10.1. The van der Waals surface area contributed by atoms with Crippen LogP contribution in [0.1, 0.15) is 27.2 Å². The molecular formula is C26H34N6O5. The quantitative estimate of drug-likeness (QED) is 0.395. The van der Waals surface area contributed by atoms with Crippen molar-refractivity contribution in [2.45, 2.75) is 39.8 Å². The smallest absolute Gasteiger partial charge is 0.251 e. The van der Waals surface area contributed by atoms with E-state index in [2.05, 4.69) is 34.6 Å². The maximum absolute atomic E-state index is 13.6. The summed E-state index contributed by atoms with van der Waals surface area (Å²) in [5.41, 5.74) is 1.12. The zero-order valence-corrected chi connectivity index (χ0v) is 22.1. The van der Waals surface area contributed by atoms with E-state index in [1.165, 1.54) is 23.9 Å². The summed E-state index contributed by atoms with van der Waals surface area (Å²) in [6.45, 7) is 6.14. The highest BCUT2D eigenvalue weighted by Crippen LogP contribution is 2.31. The van der Waals surface area contributed by atoms with Crippen LogP contribution < -0.4 is 24.4 Å². The second-order valence-corrected chi connectivity index (χ2v) is 8.80. The summed E-state index contributed by atoms with van der Waals surface area (Å²) in [4.78, 5) is 29.1.